The standard InChI is InChI=1S/C16H28O/c1-15(2)12-4-5-13(10-12)16(15,3)11-6-8-14(17)9-7-11/h11-14,17H,4-10H2,1-3H3/t11?,12-,13+,14?,16+/m0/s1. The first-order valence-corrected chi connectivity index (χ1v) is 7.64. The lowest BCUT2D eigenvalue weighted by Crippen LogP contribution is -2.47. The summed E-state index contributed by atoms with van der Waals surface area (Å²) in [6, 6.07) is 0. The normalized spacial score (nSPS) is 52.9. The molecule has 2 bridgehead atoms. The molecule has 3 fully saturated rings. The molecule has 17 heavy (non-hydrogen) atoms. The van der Waals surface area contributed by atoms with Crippen molar-refractivity contribution in [1.29, 1.82) is 0 Å². The van der Waals surface area contributed by atoms with Crippen molar-refractivity contribution in [2.75, 3.05) is 0 Å². The summed E-state index contributed by atoms with van der Waals surface area (Å²) >= 11 is 0. The molecule has 1 heteroatoms. The second kappa shape index (κ2) is 3.73. The van der Waals surface area contributed by atoms with Crippen molar-refractivity contribution in [3.8, 4) is 0 Å². The lowest BCUT2D eigenvalue weighted by atomic mass is 9.51. The number of fused-ring (bicyclic) bond motifs is 2. The van der Waals surface area contributed by atoms with E-state index in [-0.39, 0.29) is 6.10 Å². The van der Waals surface area contributed by atoms with Gasteiger partial charge < -0.3 is 5.11 Å². The van der Waals surface area contributed by atoms with Gasteiger partial charge in [-0.1, -0.05) is 20.8 Å². The summed E-state index contributed by atoms with van der Waals surface area (Å²) in [4.78, 5) is 0. The molecule has 0 aliphatic heterocycles. The Morgan fingerprint density at radius 2 is 1.29 bits per heavy atom. The predicted octanol–water partition coefficient (Wildman–Crippen LogP) is 4.00. The molecule has 3 rings (SSSR count). The smallest absolute Gasteiger partial charge is 0.0540 e. The van der Waals surface area contributed by atoms with Crippen LogP contribution < -0.4 is 0 Å². The Morgan fingerprint density at radius 3 is 1.82 bits per heavy atom. The van der Waals surface area contributed by atoms with Gasteiger partial charge in [-0.15, -0.1) is 0 Å². The highest BCUT2D eigenvalue weighted by molar-refractivity contribution is 5.11. The molecule has 0 heterocycles. The van der Waals surface area contributed by atoms with E-state index in [0.29, 0.717) is 10.8 Å². The van der Waals surface area contributed by atoms with Crippen LogP contribution in [0.25, 0.3) is 0 Å². The summed E-state index contributed by atoms with van der Waals surface area (Å²) in [5, 5.41) is 9.72. The summed E-state index contributed by atoms with van der Waals surface area (Å²) in [7, 11) is 0. The third kappa shape index (κ3) is 1.47. The quantitative estimate of drug-likeness (QED) is 0.729. The van der Waals surface area contributed by atoms with E-state index in [1.807, 2.05) is 0 Å². The fourth-order valence-electron chi connectivity index (χ4n) is 5.68. The van der Waals surface area contributed by atoms with Crippen LogP contribution in [0.1, 0.15) is 65.7 Å². The maximum atomic E-state index is 9.72. The first-order chi connectivity index (χ1) is 7.96. The van der Waals surface area contributed by atoms with E-state index in [1.54, 1.807) is 0 Å². The van der Waals surface area contributed by atoms with E-state index >= 15 is 0 Å². The molecule has 0 radical (unpaired) electrons. The molecule has 3 atom stereocenters. The minimum Gasteiger partial charge on any atom is -0.393 e. The van der Waals surface area contributed by atoms with E-state index < -0.39 is 0 Å². The van der Waals surface area contributed by atoms with Crippen molar-refractivity contribution in [3.63, 3.8) is 0 Å². The molecule has 3 saturated carbocycles. The monoisotopic (exact) mass is 236 g/mol. The Hall–Kier alpha value is -0.0400. The SMILES string of the molecule is CC1(C)[C@H]2CC[C@H](C2)[C@@]1(C)C1CCC(O)CC1. The van der Waals surface area contributed by atoms with Crippen LogP contribution in [0, 0.1) is 28.6 Å². The van der Waals surface area contributed by atoms with Crippen LogP contribution in [0.3, 0.4) is 0 Å². The maximum Gasteiger partial charge on any atom is 0.0540 e. The molecule has 0 spiro atoms. The molecule has 0 aromatic carbocycles. The molecule has 0 amide bonds. The van der Waals surface area contributed by atoms with Crippen molar-refractivity contribution in [2.24, 2.45) is 28.6 Å². The lowest BCUT2D eigenvalue weighted by molar-refractivity contribution is -0.0601. The zero-order chi connectivity index (χ0) is 12.3. The predicted molar refractivity (Wildman–Crippen MR) is 70.7 cm³/mol. The number of hydrogen-bond donors (Lipinski definition) is 1. The number of rotatable bonds is 1. The Bertz CT molecular complexity index is 301. The van der Waals surface area contributed by atoms with Gasteiger partial charge in [-0.3, -0.25) is 0 Å². The Balaban J connectivity index is 1.85. The third-order valence-corrected chi connectivity index (χ3v) is 7.23. The van der Waals surface area contributed by atoms with Gasteiger partial charge in [0.2, 0.25) is 0 Å². The van der Waals surface area contributed by atoms with Crippen LogP contribution in [0.15, 0.2) is 0 Å². The van der Waals surface area contributed by atoms with Gasteiger partial charge in [-0.2, -0.15) is 0 Å². The molecule has 1 N–H and O–H groups in total. The van der Waals surface area contributed by atoms with Gasteiger partial charge in [0.1, 0.15) is 0 Å². The zero-order valence-corrected chi connectivity index (χ0v) is 11.7. The minimum absolute atomic E-state index is 0.00319. The van der Waals surface area contributed by atoms with Gasteiger partial charge in [-0.25, -0.2) is 0 Å². The molecule has 3 aliphatic carbocycles. The highest BCUT2D eigenvalue weighted by Gasteiger charge is 2.62. The second-order valence-electron chi connectivity index (χ2n) is 7.72. The first kappa shape index (κ1) is 12.0. The first-order valence-electron chi connectivity index (χ1n) is 7.64. The van der Waals surface area contributed by atoms with Crippen molar-refractivity contribution < 1.29 is 5.11 Å². The van der Waals surface area contributed by atoms with Crippen LogP contribution in [0.2, 0.25) is 0 Å². The van der Waals surface area contributed by atoms with Crippen molar-refractivity contribution in [2.45, 2.75) is 71.8 Å². The van der Waals surface area contributed by atoms with Gasteiger partial charge in [-0.05, 0) is 73.5 Å². The van der Waals surface area contributed by atoms with Crippen molar-refractivity contribution >= 4 is 0 Å². The van der Waals surface area contributed by atoms with Gasteiger partial charge in [0, 0.05) is 0 Å². The highest BCUT2D eigenvalue weighted by atomic mass is 16.3. The van der Waals surface area contributed by atoms with Crippen molar-refractivity contribution in [3.05, 3.63) is 0 Å². The summed E-state index contributed by atoms with van der Waals surface area (Å²) in [6.07, 6.45) is 9.07. The fourth-order valence-corrected chi connectivity index (χ4v) is 5.68. The van der Waals surface area contributed by atoms with E-state index in [9.17, 15) is 5.11 Å². The summed E-state index contributed by atoms with van der Waals surface area (Å²) in [5.41, 5.74) is 1.08. The second-order valence-corrected chi connectivity index (χ2v) is 7.72. The van der Waals surface area contributed by atoms with Crippen LogP contribution in [-0.2, 0) is 0 Å². The van der Waals surface area contributed by atoms with Gasteiger partial charge in [0.15, 0.2) is 0 Å². The van der Waals surface area contributed by atoms with Crippen molar-refractivity contribution in [1.82, 2.24) is 0 Å². The molecule has 98 valence electrons. The number of aliphatic hydroxyl groups excluding tert-OH is 1. The average molecular weight is 236 g/mol. The van der Waals surface area contributed by atoms with Gasteiger partial charge >= 0.3 is 0 Å². The number of aliphatic hydroxyl groups is 1. The number of hydrogen-bond acceptors (Lipinski definition) is 1. The largest absolute Gasteiger partial charge is 0.393 e. The van der Waals surface area contributed by atoms with E-state index in [1.165, 1.54) is 32.1 Å². The zero-order valence-electron chi connectivity index (χ0n) is 11.7. The van der Waals surface area contributed by atoms with Crippen LogP contribution >= 0.6 is 0 Å². The molecule has 0 aromatic heterocycles. The van der Waals surface area contributed by atoms with E-state index in [4.69, 9.17) is 0 Å². The molecule has 3 aliphatic rings. The molecule has 1 nitrogen and oxygen atoms in total. The Kier molecular flexibility index (Phi) is 2.63. The summed E-state index contributed by atoms with van der Waals surface area (Å²) < 4.78 is 0. The molecule has 0 unspecified atom stereocenters. The molecular weight excluding hydrogens is 208 g/mol. The Morgan fingerprint density at radius 1 is 0.765 bits per heavy atom. The fraction of sp³-hybridized carbons (Fsp3) is 1.00. The third-order valence-electron chi connectivity index (χ3n) is 7.23. The van der Waals surface area contributed by atoms with Gasteiger partial charge in [0.05, 0.1) is 6.10 Å². The van der Waals surface area contributed by atoms with Crippen LogP contribution in [-0.4, -0.2) is 11.2 Å². The molecular formula is C16H28O. The highest BCUT2D eigenvalue weighted by Crippen LogP contribution is 2.70. The molecule has 0 aromatic rings. The minimum atomic E-state index is -0.00319. The van der Waals surface area contributed by atoms with Crippen LogP contribution in [0.4, 0.5) is 0 Å². The Labute approximate surface area is 106 Å². The topological polar surface area (TPSA) is 20.2 Å². The summed E-state index contributed by atoms with van der Waals surface area (Å²) in [5.74, 6) is 2.82. The van der Waals surface area contributed by atoms with Crippen LogP contribution in [0.5, 0.6) is 0 Å². The summed E-state index contributed by atoms with van der Waals surface area (Å²) in [6.45, 7) is 7.64. The lowest BCUT2D eigenvalue weighted by Gasteiger charge is -2.54. The molecule has 0 saturated heterocycles. The van der Waals surface area contributed by atoms with Gasteiger partial charge in [0.25, 0.3) is 0 Å². The van der Waals surface area contributed by atoms with E-state index in [2.05, 4.69) is 20.8 Å². The maximum absolute atomic E-state index is 9.72. The van der Waals surface area contributed by atoms with E-state index in [0.717, 1.165) is 30.6 Å². The average Bonchev–Trinajstić information content (AvgIpc) is 2.83.